The number of hydrogen-bond donors (Lipinski definition) is 1. The first-order chi connectivity index (χ1) is 8.56. The molecule has 1 aromatic carbocycles. The standard InChI is InChI=1S/C13H12BrFN2O/c14-10-3-6-13(18)17(7-10)8-12(16)9-1-4-11(15)5-2-9/h1-7,12H,8,16H2. The first kappa shape index (κ1) is 13.0. The van der Waals surface area contributed by atoms with Crippen LogP contribution >= 0.6 is 15.9 Å². The third-order valence-electron chi connectivity index (χ3n) is 2.64. The molecule has 0 saturated heterocycles. The highest BCUT2D eigenvalue weighted by molar-refractivity contribution is 9.10. The second-order valence-corrected chi connectivity index (χ2v) is 4.91. The lowest BCUT2D eigenvalue weighted by Crippen LogP contribution is -2.25. The Morgan fingerprint density at radius 2 is 1.89 bits per heavy atom. The van der Waals surface area contributed by atoms with Gasteiger partial charge in [0.1, 0.15) is 5.82 Å². The Morgan fingerprint density at radius 1 is 1.22 bits per heavy atom. The van der Waals surface area contributed by atoms with E-state index < -0.39 is 0 Å². The summed E-state index contributed by atoms with van der Waals surface area (Å²) in [5, 5.41) is 0. The average molecular weight is 311 g/mol. The molecular formula is C13H12BrFN2O. The van der Waals surface area contributed by atoms with Gasteiger partial charge in [0.2, 0.25) is 0 Å². The fraction of sp³-hybridized carbons (Fsp3) is 0.154. The van der Waals surface area contributed by atoms with Crippen LogP contribution in [-0.4, -0.2) is 4.57 Å². The van der Waals surface area contributed by atoms with Crippen LogP contribution in [-0.2, 0) is 6.54 Å². The number of halogens is 2. The summed E-state index contributed by atoms with van der Waals surface area (Å²) in [5.41, 5.74) is 6.68. The fourth-order valence-corrected chi connectivity index (χ4v) is 2.05. The van der Waals surface area contributed by atoms with Crippen LogP contribution in [0.15, 0.2) is 51.9 Å². The molecule has 0 aliphatic carbocycles. The van der Waals surface area contributed by atoms with Gasteiger partial charge < -0.3 is 10.3 Å². The molecule has 0 aliphatic rings. The van der Waals surface area contributed by atoms with E-state index >= 15 is 0 Å². The molecule has 2 aromatic rings. The zero-order valence-corrected chi connectivity index (χ0v) is 11.1. The predicted octanol–water partition coefficient (Wildman–Crippen LogP) is 2.45. The summed E-state index contributed by atoms with van der Waals surface area (Å²) < 4.78 is 15.1. The largest absolute Gasteiger partial charge is 0.322 e. The molecule has 0 saturated carbocycles. The van der Waals surface area contributed by atoms with E-state index in [-0.39, 0.29) is 17.4 Å². The zero-order valence-electron chi connectivity index (χ0n) is 9.51. The topological polar surface area (TPSA) is 48.0 Å². The van der Waals surface area contributed by atoms with Crippen LogP contribution in [0.1, 0.15) is 11.6 Å². The van der Waals surface area contributed by atoms with Crippen molar-refractivity contribution in [3.8, 4) is 0 Å². The maximum Gasteiger partial charge on any atom is 0.250 e. The minimum absolute atomic E-state index is 0.115. The normalized spacial score (nSPS) is 12.4. The third kappa shape index (κ3) is 3.05. The maximum atomic E-state index is 12.8. The number of benzene rings is 1. The lowest BCUT2D eigenvalue weighted by molar-refractivity contribution is 0.558. The number of aromatic nitrogens is 1. The Bertz CT molecular complexity index is 595. The third-order valence-corrected chi connectivity index (χ3v) is 3.11. The minimum atomic E-state index is -0.349. The molecule has 1 aromatic heterocycles. The van der Waals surface area contributed by atoms with Crippen molar-refractivity contribution < 1.29 is 4.39 Å². The van der Waals surface area contributed by atoms with Crippen LogP contribution in [0.4, 0.5) is 4.39 Å². The Kier molecular flexibility index (Phi) is 3.93. The smallest absolute Gasteiger partial charge is 0.250 e. The molecule has 5 heteroatoms. The quantitative estimate of drug-likeness (QED) is 0.946. The van der Waals surface area contributed by atoms with Crippen molar-refractivity contribution in [2.24, 2.45) is 5.73 Å². The Labute approximate surface area is 112 Å². The minimum Gasteiger partial charge on any atom is -0.322 e. The second-order valence-electron chi connectivity index (χ2n) is 4.00. The summed E-state index contributed by atoms with van der Waals surface area (Å²) in [7, 11) is 0. The van der Waals surface area contributed by atoms with E-state index in [2.05, 4.69) is 15.9 Å². The van der Waals surface area contributed by atoms with E-state index in [1.54, 1.807) is 24.4 Å². The lowest BCUT2D eigenvalue weighted by Gasteiger charge is -2.14. The van der Waals surface area contributed by atoms with E-state index in [4.69, 9.17) is 5.73 Å². The van der Waals surface area contributed by atoms with Gasteiger partial charge in [0.05, 0.1) is 0 Å². The lowest BCUT2D eigenvalue weighted by atomic mass is 10.1. The summed E-state index contributed by atoms with van der Waals surface area (Å²) in [5.74, 6) is -0.300. The average Bonchev–Trinajstić information content (AvgIpc) is 2.34. The van der Waals surface area contributed by atoms with E-state index in [1.807, 2.05) is 0 Å². The van der Waals surface area contributed by atoms with Crippen molar-refractivity contribution >= 4 is 15.9 Å². The van der Waals surface area contributed by atoms with Crippen molar-refractivity contribution in [3.63, 3.8) is 0 Å². The molecule has 1 atom stereocenters. The zero-order chi connectivity index (χ0) is 13.1. The van der Waals surface area contributed by atoms with E-state index in [9.17, 15) is 9.18 Å². The van der Waals surface area contributed by atoms with Gasteiger partial charge in [0, 0.05) is 29.3 Å². The van der Waals surface area contributed by atoms with Crippen molar-refractivity contribution in [1.29, 1.82) is 0 Å². The Hall–Kier alpha value is -1.46. The van der Waals surface area contributed by atoms with E-state index in [0.717, 1.165) is 10.0 Å². The second kappa shape index (κ2) is 5.46. The molecule has 0 aliphatic heterocycles. The van der Waals surface area contributed by atoms with Crippen LogP contribution in [0.5, 0.6) is 0 Å². The number of nitrogens with zero attached hydrogens (tertiary/aromatic N) is 1. The van der Waals surface area contributed by atoms with Crippen molar-refractivity contribution in [2.75, 3.05) is 0 Å². The number of pyridine rings is 1. The SMILES string of the molecule is NC(Cn1cc(Br)ccc1=O)c1ccc(F)cc1. The van der Waals surface area contributed by atoms with Crippen molar-refractivity contribution in [3.05, 3.63) is 68.8 Å². The molecule has 2 rings (SSSR count). The van der Waals surface area contributed by atoms with Crippen LogP contribution in [0.3, 0.4) is 0 Å². The Morgan fingerprint density at radius 3 is 2.56 bits per heavy atom. The molecule has 0 spiro atoms. The van der Waals surface area contributed by atoms with Gasteiger partial charge in [-0.1, -0.05) is 12.1 Å². The Balaban J connectivity index is 2.21. The molecule has 0 bridgehead atoms. The summed E-state index contributed by atoms with van der Waals surface area (Å²) in [6, 6.07) is 8.78. The summed E-state index contributed by atoms with van der Waals surface area (Å²) in [6.45, 7) is 0.351. The van der Waals surface area contributed by atoms with Gasteiger partial charge in [-0.05, 0) is 39.7 Å². The predicted molar refractivity (Wildman–Crippen MR) is 71.7 cm³/mol. The van der Waals surface area contributed by atoms with Gasteiger partial charge in [0.15, 0.2) is 0 Å². The van der Waals surface area contributed by atoms with Crippen molar-refractivity contribution in [2.45, 2.75) is 12.6 Å². The molecule has 94 valence electrons. The first-order valence-electron chi connectivity index (χ1n) is 5.43. The molecule has 18 heavy (non-hydrogen) atoms. The molecule has 2 N–H and O–H groups in total. The van der Waals surface area contributed by atoms with Gasteiger partial charge >= 0.3 is 0 Å². The van der Waals surface area contributed by atoms with Crippen LogP contribution in [0.25, 0.3) is 0 Å². The van der Waals surface area contributed by atoms with Crippen LogP contribution in [0, 0.1) is 5.82 Å². The molecular weight excluding hydrogens is 299 g/mol. The highest BCUT2D eigenvalue weighted by atomic mass is 79.9. The van der Waals surface area contributed by atoms with Gasteiger partial charge in [-0.2, -0.15) is 0 Å². The van der Waals surface area contributed by atoms with Gasteiger partial charge in [-0.3, -0.25) is 4.79 Å². The first-order valence-corrected chi connectivity index (χ1v) is 6.22. The van der Waals surface area contributed by atoms with Crippen molar-refractivity contribution in [1.82, 2.24) is 4.57 Å². The highest BCUT2D eigenvalue weighted by Crippen LogP contribution is 2.13. The molecule has 3 nitrogen and oxygen atoms in total. The van der Waals surface area contributed by atoms with E-state index in [0.29, 0.717) is 6.54 Å². The van der Waals surface area contributed by atoms with E-state index in [1.165, 1.54) is 22.8 Å². The monoisotopic (exact) mass is 310 g/mol. The summed E-state index contributed by atoms with van der Waals surface area (Å²) in [6.07, 6.45) is 1.69. The maximum absolute atomic E-state index is 12.8. The number of rotatable bonds is 3. The van der Waals surface area contributed by atoms with Gasteiger partial charge in [-0.25, -0.2) is 4.39 Å². The number of nitrogens with two attached hydrogens (primary N) is 1. The molecule has 0 amide bonds. The number of hydrogen-bond acceptors (Lipinski definition) is 2. The summed E-state index contributed by atoms with van der Waals surface area (Å²) >= 11 is 3.30. The highest BCUT2D eigenvalue weighted by Gasteiger charge is 2.08. The van der Waals surface area contributed by atoms with Crippen LogP contribution < -0.4 is 11.3 Å². The van der Waals surface area contributed by atoms with Crippen LogP contribution in [0.2, 0.25) is 0 Å². The van der Waals surface area contributed by atoms with Gasteiger partial charge in [0.25, 0.3) is 5.56 Å². The molecule has 0 radical (unpaired) electrons. The fourth-order valence-electron chi connectivity index (χ4n) is 1.67. The molecule has 1 heterocycles. The van der Waals surface area contributed by atoms with Gasteiger partial charge in [-0.15, -0.1) is 0 Å². The molecule has 0 fully saturated rings. The summed E-state index contributed by atoms with van der Waals surface area (Å²) in [4.78, 5) is 11.6. The molecule has 1 unspecified atom stereocenters.